The molecular weight excluding hydrogens is 411 g/mol. The van der Waals surface area contributed by atoms with Gasteiger partial charge in [-0.05, 0) is 51.6 Å². The molecule has 0 aliphatic heterocycles. The fourth-order valence-corrected chi connectivity index (χ4v) is 2.59. The molecule has 0 atom stereocenters. The predicted octanol–water partition coefficient (Wildman–Crippen LogP) is 1.19. The Morgan fingerprint density at radius 1 is 1.30 bits per heavy atom. The van der Waals surface area contributed by atoms with Gasteiger partial charge in [0.2, 0.25) is 0 Å². The minimum absolute atomic E-state index is 0.225. The lowest BCUT2D eigenvalue weighted by Crippen LogP contribution is -2.23. The molecule has 23 heavy (non-hydrogen) atoms. The molecule has 3 rings (SSSR count). The van der Waals surface area contributed by atoms with E-state index in [2.05, 4.69) is 38.1 Å². The summed E-state index contributed by atoms with van der Waals surface area (Å²) >= 11 is 2.15. The minimum Gasteiger partial charge on any atom is -0.488 e. The molecule has 2 heterocycles. The Morgan fingerprint density at radius 3 is 2.74 bits per heavy atom. The van der Waals surface area contributed by atoms with Crippen LogP contribution in [-0.2, 0) is 20.7 Å². The van der Waals surface area contributed by atoms with Crippen molar-refractivity contribution >= 4 is 22.6 Å². The van der Waals surface area contributed by atoms with E-state index in [-0.39, 0.29) is 12.3 Å². The summed E-state index contributed by atoms with van der Waals surface area (Å²) < 4.78 is 18.3. The van der Waals surface area contributed by atoms with Crippen LogP contribution in [0.1, 0.15) is 12.5 Å². The van der Waals surface area contributed by atoms with Gasteiger partial charge in [0.05, 0.1) is 6.93 Å². The molecular formula is C14H15IN6O2. The lowest BCUT2D eigenvalue weighted by atomic mass is 10.2. The molecule has 0 aliphatic carbocycles. The van der Waals surface area contributed by atoms with E-state index in [1.165, 1.54) is 7.05 Å². The molecule has 120 valence electrons. The Bertz CT molecular complexity index is 961. The van der Waals surface area contributed by atoms with Gasteiger partial charge in [0.15, 0.2) is 5.82 Å². The molecule has 0 saturated heterocycles. The van der Waals surface area contributed by atoms with Crippen LogP contribution >= 0.6 is 22.6 Å². The summed E-state index contributed by atoms with van der Waals surface area (Å²) in [4.78, 5) is 12.1. The molecule has 0 amide bonds. The van der Waals surface area contributed by atoms with Crippen molar-refractivity contribution in [1.82, 2.24) is 29.6 Å². The Balaban J connectivity index is 1.96. The number of ether oxygens (including phenoxy) is 1. The van der Waals surface area contributed by atoms with Crippen molar-refractivity contribution in [2.24, 2.45) is 14.1 Å². The van der Waals surface area contributed by atoms with Crippen molar-refractivity contribution in [3.63, 3.8) is 0 Å². The van der Waals surface area contributed by atoms with E-state index in [0.29, 0.717) is 17.6 Å². The second-order valence-electron chi connectivity index (χ2n) is 4.99. The van der Waals surface area contributed by atoms with Crippen molar-refractivity contribution < 1.29 is 6.11 Å². The fourth-order valence-electron chi connectivity index (χ4n) is 2.09. The van der Waals surface area contributed by atoms with Gasteiger partial charge in [0, 0.05) is 14.1 Å². The SMILES string of the molecule is [3H]c1ccc(OCc2c(-n3nnn(C)c3=O)nn(C)c2I)c(C)c1. The molecule has 0 saturated carbocycles. The van der Waals surface area contributed by atoms with Crippen LogP contribution in [-0.4, -0.2) is 29.6 Å². The van der Waals surface area contributed by atoms with Crippen LogP contribution in [0.2, 0.25) is 0 Å². The Morgan fingerprint density at radius 2 is 2.09 bits per heavy atom. The molecule has 0 spiro atoms. The van der Waals surface area contributed by atoms with Gasteiger partial charge in [0.25, 0.3) is 0 Å². The van der Waals surface area contributed by atoms with Gasteiger partial charge in [0.1, 0.15) is 16.1 Å². The summed E-state index contributed by atoms with van der Waals surface area (Å²) in [7, 11) is 3.32. The normalized spacial score (nSPS) is 11.6. The smallest absolute Gasteiger partial charge is 0.369 e. The number of halogens is 1. The van der Waals surface area contributed by atoms with Gasteiger partial charge < -0.3 is 4.74 Å². The predicted molar refractivity (Wildman–Crippen MR) is 91.6 cm³/mol. The van der Waals surface area contributed by atoms with Crippen LogP contribution in [0.15, 0.2) is 29.0 Å². The molecule has 3 aromatic rings. The van der Waals surface area contributed by atoms with Gasteiger partial charge in [-0.25, -0.2) is 4.79 Å². The van der Waals surface area contributed by atoms with Crippen molar-refractivity contribution in [2.75, 3.05) is 0 Å². The van der Waals surface area contributed by atoms with Crippen LogP contribution in [0.5, 0.6) is 5.75 Å². The Labute approximate surface area is 147 Å². The standard InChI is InChI=1S/C14H15IN6O2/c1-9-6-4-5-7-11(9)23-8-10-12(15)19(2)16-13(10)21-14(22)20(3)17-18-21/h4-7H,8H2,1-3H3/i4T. The number of rotatable bonds is 4. The molecule has 9 heteroatoms. The zero-order chi connectivity index (χ0) is 17.4. The third-order valence-electron chi connectivity index (χ3n) is 3.36. The number of benzene rings is 1. The highest BCUT2D eigenvalue weighted by Gasteiger charge is 2.20. The maximum absolute atomic E-state index is 12.1. The fraction of sp³-hybridized carbons (Fsp3) is 0.286. The molecule has 0 N–H and O–H groups in total. The number of aromatic nitrogens is 6. The molecule has 0 unspecified atom stereocenters. The number of nitrogens with zero attached hydrogens (tertiary/aromatic N) is 6. The van der Waals surface area contributed by atoms with Gasteiger partial charge in [-0.1, -0.05) is 18.2 Å². The minimum atomic E-state index is -0.375. The van der Waals surface area contributed by atoms with Crippen molar-refractivity contribution in [3.8, 4) is 11.6 Å². The highest BCUT2D eigenvalue weighted by Crippen LogP contribution is 2.22. The summed E-state index contributed by atoms with van der Waals surface area (Å²) in [5.74, 6) is 1.08. The summed E-state index contributed by atoms with van der Waals surface area (Å²) in [5, 5.41) is 11.9. The number of para-hydroxylation sites is 1. The van der Waals surface area contributed by atoms with E-state index in [4.69, 9.17) is 6.11 Å². The molecule has 8 nitrogen and oxygen atoms in total. The lowest BCUT2D eigenvalue weighted by Gasteiger charge is -2.09. The molecule has 2 aromatic heterocycles. The molecule has 0 radical (unpaired) electrons. The lowest BCUT2D eigenvalue weighted by molar-refractivity contribution is 0.302. The third-order valence-corrected chi connectivity index (χ3v) is 4.71. The van der Waals surface area contributed by atoms with Gasteiger partial charge in [-0.2, -0.15) is 9.78 Å². The topological polar surface area (TPSA) is 79.8 Å². The summed E-state index contributed by atoms with van der Waals surface area (Å²) in [6.07, 6.45) is 0. The highest BCUT2D eigenvalue weighted by atomic mass is 127. The summed E-state index contributed by atoms with van der Waals surface area (Å²) in [6.45, 7) is 2.11. The molecule has 0 aliphatic rings. The second kappa shape index (κ2) is 6.14. The average Bonchev–Trinajstić information content (AvgIpc) is 3.00. The molecule has 0 fully saturated rings. The number of hydrogen-bond acceptors (Lipinski definition) is 5. The number of aryl methyl sites for hydroxylation is 3. The van der Waals surface area contributed by atoms with E-state index in [1.54, 1.807) is 29.9 Å². The van der Waals surface area contributed by atoms with Crippen LogP contribution in [0, 0.1) is 10.6 Å². The molecule has 0 bridgehead atoms. The van der Waals surface area contributed by atoms with Crippen molar-refractivity contribution in [2.45, 2.75) is 13.5 Å². The Hall–Kier alpha value is -2.17. The zero-order valence-corrected chi connectivity index (χ0v) is 15.0. The number of tetrazole rings is 1. The zero-order valence-electron chi connectivity index (χ0n) is 13.8. The first kappa shape index (κ1) is 14.4. The van der Waals surface area contributed by atoms with Gasteiger partial charge in [-0.3, -0.25) is 4.68 Å². The Kier molecular flexibility index (Phi) is 3.85. The van der Waals surface area contributed by atoms with E-state index in [1.807, 2.05) is 6.92 Å². The van der Waals surface area contributed by atoms with Crippen molar-refractivity contribution in [3.05, 3.63) is 49.6 Å². The summed E-state index contributed by atoms with van der Waals surface area (Å²) in [6, 6.07) is 5.60. The van der Waals surface area contributed by atoms with Crippen LogP contribution < -0.4 is 10.4 Å². The first-order valence-corrected chi connectivity index (χ1v) is 7.87. The van der Waals surface area contributed by atoms with Crippen molar-refractivity contribution in [1.29, 1.82) is 0 Å². The van der Waals surface area contributed by atoms with E-state index in [9.17, 15) is 4.79 Å². The number of hydrogen-bond donors (Lipinski definition) is 0. The summed E-state index contributed by atoms with van der Waals surface area (Å²) in [5.41, 5.74) is 1.25. The average molecular weight is 428 g/mol. The first-order valence-electron chi connectivity index (χ1n) is 7.29. The van der Waals surface area contributed by atoms with E-state index < -0.39 is 0 Å². The largest absolute Gasteiger partial charge is 0.488 e. The quantitative estimate of drug-likeness (QED) is 0.584. The second-order valence-corrected chi connectivity index (χ2v) is 6.02. The van der Waals surface area contributed by atoms with Gasteiger partial charge in [-0.15, -0.1) is 4.68 Å². The van der Waals surface area contributed by atoms with Gasteiger partial charge >= 0.3 is 5.69 Å². The maximum atomic E-state index is 12.1. The third kappa shape index (κ3) is 2.87. The first-order chi connectivity index (χ1) is 11.4. The van der Waals surface area contributed by atoms with Crippen LogP contribution in [0.4, 0.5) is 0 Å². The highest BCUT2D eigenvalue weighted by molar-refractivity contribution is 14.1. The maximum Gasteiger partial charge on any atom is 0.369 e. The van der Waals surface area contributed by atoms with Crippen LogP contribution in [0.3, 0.4) is 0 Å². The monoisotopic (exact) mass is 428 g/mol. The van der Waals surface area contributed by atoms with Crippen LogP contribution in [0.25, 0.3) is 5.82 Å². The van der Waals surface area contributed by atoms with E-state index in [0.717, 1.165) is 24.2 Å². The molecule has 1 aromatic carbocycles. The van der Waals surface area contributed by atoms with E-state index >= 15 is 0 Å².